The number of aromatic nitrogens is 3. The lowest BCUT2D eigenvalue weighted by atomic mass is 10.2. The topological polar surface area (TPSA) is 140 Å². The summed E-state index contributed by atoms with van der Waals surface area (Å²) in [5, 5.41) is 24.4. The van der Waals surface area contributed by atoms with Crippen molar-refractivity contribution in [2.45, 2.75) is 0 Å². The first-order chi connectivity index (χ1) is 14.9. The molecule has 2 aromatic carbocycles. The van der Waals surface area contributed by atoms with Crippen LogP contribution in [0.25, 0.3) is 10.9 Å². The van der Waals surface area contributed by atoms with Crippen LogP contribution in [0.15, 0.2) is 65.5 Å². The maximum atomic E-state index is 11.8. The predicted molar refractivity (Wildman–Crippen MR) is 115 cm³/mol. The molecule has 10 nitrogen and oxygen atoms in total. The van der Waals surface area contributed by atoms with E-state index in [1.54, 1.807) is 24.4 Å². The highest BCUT2D eigenvalue weighted by Crippen LogP contribution is 2.38. The van der Waals surface area contributed by atoms with Crippen molar-refractivity contribution in [1.29, 1.82) is 0 Å². The van der Waals surface area contributed by atoms with Crippen molar-refractivity contribution in [3.63, 3.8) is 0 Å². The van der Waals surface area contributed by atoms with Crippen molar-refractivity contribution < 1.29 is 19.6 Å². The summed E-state index contributed by atoms with van der Waals surface area (Å²) in [7, 11) is 0. The second kappa shape index (κ2) is 8.32. The normalized spacial score (nSPS) is 10.6. The van der Waals surface area contributed by atoms with Gasteiger partial charge in [0, 0.05) is 21.7 Å². The van der Waals surface area contributed by atoms with Gasteiger partial charge in [-0.05, 0) is 42.5 Å². The Labute approximate surface area is 182 Å². The molecule has 0 amide bonds. The van der Waals surface area contributed by atoms with Gasteiger partial charge in [-0.3, -0.25) is 15.1 Å². The van der Waals surface area contributed by atoms with Gasteiger partial charge in [0.2, 0.25) is 5.82 Å². The van der Waals surface area contributed by atoms with Gasteiger partial charge in [-0.25, -0.2) is 9.78 Å². The number of anilines is 2. The van der Waals surface area contributed by atoms with Gasteiger partial charge < -0.3 is 15.2 Å². The molecule has 11 heteroatoms. The molecule has 154 valence electrons. The van der Waals surface area contributed by atoms with Crippen molar-refractivity contribution in [2.75, 3.05) is 5.32 Å². The first-order valence-electron chi connectivity index (χ1n) is 8.75. The van der Waals surface area contributed by atoms with Crippen LogP contribution in [0.1, 0.15) is 10.4 Å². The molecule has 0 bridgehead atoms. The Morgan fingerprint density at radius 2 is 1.87 bits per heavy atom. The number of nitrogens with one attached hydrogen (secondary N) is 1. The van der Waals surface area contributed by atoms with Gasteiger partial charge in [0.25, 0.3) is 0 Å². The first-order valence-corrected chi connectivity index (χ1v) is 9.54. The van der Waals surface area contributed by atoms with Crippen LogP contribution >= 0.6 is 15.9 Å². The van der Waals surface area contributed by atoms with Crippen molar-refractivity contribution in [1.82, 2.24) is 15.0 Å². The van der Waals surface area contributed by atoms with E-state index in [9.17, 15) is 14.9 Å². The van der Waals surface area contributed by atoms with E-state index in [2.05, 4.69) is 36.2 Å². The lowest BCUT2D eigenvalue weighted by Crippen LogP contribution is -2.04. The third kappa shape index (κ3) is 4.12. The molecular formula is C20H12BrN5O5. The number of hydrogen-bond donors (Lipinski definition) is 2. The average Bonchev–Trinajstić information content (AvgIpc) is 2.76. The molecular weight excluding hydrogens is 470 g/mol. The monoisotopic (exact) mass is 481 g/mol. The number of benzene rings is 2. The minimum atomic E-state index is -1.08. The molecule has 0 saturated carbocycles. The van der Waals surface area contributed by atoms with E-state index in [1.165, 1.54) is 24.3 Å². The summed E-state index contributed by atoms with van der Waals surface area (Å²) in [5.41, 5.74) is 0.523. The minimum Gasteiger partial charge on any atom is -0.478 e. The van der Waals surface area contributed by atoms with E-state index in [-0.39, 0.29) is 23.0 Å². The molecule has 0 spiro atoms. The molecule has 0 unspecified atom stereocenters. The van der Waals surface area contributed by atoms with Crippen molar-refractivity contribution in [3.05, 3.63) is 81.2 Å². The summed E-state index contributed by atoms with van der Waals surface area (Å²) in [6.45, 7) is 0. The highest BCUT2D eigenvalue weighted by Gasteiger charge is 2.26. The summed E-state index contributed by atoms with van der Waals surface area (Å²) >= 11 is 3.44. The molecule has 0 fully saturated rings. The standard InChI is InChI=1S/C20H12BrN5O5/c21-14-7-8-15(16-13(14)2-1-9-22-16)31-19-17(26(29)30)18(23-10-24-19)25-12-5-3-11(4-6-12)20(27)28/h1-10H,(H,27,28)(H,23,24,25). The average molecular weight is 482 g/mol. The predicted octanol–water partition coefficient (Wildman–Crippen LogP) is 4.93. The summed E-state index contributed by atoms with van der Waals surface area (Å²) in [5.74, 6) is -1.16. The second-order valence-electron chi connectivity index (χ2n) is 6.19. The van der Waals surface area contributed by atoms with E-state index < -0.39 is 16.6 Å². The van der Waals surface area contributed by atoms with Gasteiger partial charge in [-0.2, -0.15) is 4.98 Å². The zero-order valence-corrected chi connectivity index (χ0v) is 17.1. The highest BCUT2D eigenvalue weighted by atomic mass is 79.9. The Hall–Kier alpha value is -4.12. The Kier molecular flexibility index (Phi) is 5.41. The van der Waals surface area contributed by atoms with Crippen LogP contribution in [0.2, 0.25) is 0 Å². The fourth-order valence-corrected chi connectivity index (χ4v) is 3.28. The highest BCUT2D eigenvalue weighted by molar-refractivity contribution is 9.10. The molecule has 4 aromatic rings. The van der Waals surface area contributed by atoms with E-state index >= 15 is 0 Å². The van der Waals surface area contributed by atoms with Crippen molar-refractivity contribution in [2.24, 2.45) is 0 Å². The molecule has 0 saturated heterocycles. The number of nitro groups is 1. The van der Waals surface area contributed by atoms with Gasteiger partial charge in [-0.15, -0.1) is 0 Å². The molecule has 0 aliphatic carbocycles. The molecule has 2 aromatic heterocycles. The molecule has 0 atom stereocenters. The van der Waals surface area contributed by atoms with Gasteiger partial charge in [-0.1, -0.05) is 22.0 Å². The Morgan fingerprint density at radius 3 is 2.58 bits per heavy atom. The number of ether oxygens (including phenoxy) is 1. The summed E-state index contributed by atoms with van der Waals surface area (Å²) in [4.78, 5) is 34.3. The third-order valence-corrected chi connectivity index (χ3v) is 4.94. The number of rotatable bonds is 6. The quantitative estimate of drug-likeness (QED) is 0.289. The Balaban J connectivity index is 1.72. The molecule has 0 aliphatic heterocycles. The Morgan fingerprint density at radius 1 is 1.10 bits per heavy atom. The van der Waals surface area contributed by atoms with Crippen LogP contribution in [-0.4, -0.2) is 31.0 Å². The number of carboxylic acid groups (broad SMARTS) is 1. The van der Waals surface area contributed by atoms with E-state index in [0.29, 0.717) is 11.2 Å². The fourth-order valence-electron chi connectivity index (χ4n) is 2.82. The van der Waals surface area contributed by atoms with Crippen LogP contribution in [0, 0.1) is 10.1 Å². The zero-order chi connectivity index (χ0) is 22.0. The summed E-state index contributed by atoms with van der Waals surface area (Å²) in [6.07, 6.45) is 2.72. The second-order valence-corrected chi connectivity index (χ2v) is 7.04. The van der Waals surface area contributed by atoms with E-state index in [1.807, 2.05) is 6.07 Å². The molecule has 0 radical (unpaired) electrons. The zero-order valence-electron chi connectivity index (χ0n) is 15.5. The molecule has 0 aliphatic rings. The Bertz CT molecular complexity index is 1310. The lowest BCUT2D eigenvalue weighted by molar-refractivity contribution is -0.385. The van der Waals surface area contributed by atoms with Crippen molar-refractivity contribution in [3.8, 4) is 11.6 Å². The minimum absolute atomic E-state index is 0.0846. The molecule has 4 rings (SSSR count). The number of aromatic carboxylic acids is 1. The largest absolute Gasteiger partial charge is 0.478 e. The number of nitrogens with zero attached hydrogens (tertiary/aromatic N) is 4. The van der Waals surface area contributed by atoms with Crippen LogP contribution in [0.5, 0.6) is 11.6 Å². The number of carboxylic acids is 1. The van der Waals surface area contributed by atoms with Gasteiger partial charge in [0.1, 0.15) is 11.8 Å². The molecule has 31 heavy (non-hydrogen) atoms. The SMILES string of the molecule is O=C(O)c1ccc(Nc2ncnc(Oc3ccc(Br)c4cccnc34)c2[N+](=O)[O-])cc1. The van der Waals surface area contributed by atoms with E-state index in [4.69, 9.17) is 9.84 Å². The first kappa shape index (κ1) is 20.2. The molecule has 2 N–H and O–H groups in total. The third-order valence-electron chi connectivity index (χ3n) is 4.25. The summed E-state index contributed by atoms with van der Waals surface area (Å²) in [6, 6.07) is 12.7. The maximum absolute atomic E-state index is 11.8. The van der Waals surface area contributed by atoms with Crippen LogP contribution in [0.4, 0.5) is 17.2 Å². The van der Waals surface area contributed by atoms with Gasteiger partial charge in [0.15, 0.2) is 5.75 Å². The van der Waals surface area contributed by atoms with E-state index in [0.717, 1.165) is 16.2 Å². The maximum Gasteiger partial charge on any atom is 0.373 e. The van der Waals surface area contributed by atoms with Gasteiger partial charge >= 0.3 is 17.5 Å². The van der Waals surface area contributed by atoms with Crippen molar-refractivity contribution >= 4 is 50.0 Å². The number of halogens is 1. The fraction of sp³-hybridized carbons (Fsp3) is 0. The number of carbonyl (C=O) groups is 1. The number of fused-ring (bicyclic) bond motifs is 1. The lowest BCUT2D eigenvalue weighted by Gasteiger charge is -2.11. The van der Waals surface area contributed by atoms with Crippen LogP contribution in [-0.2, 0) is 0 Å². The van der Waals surface area contributed by atoms with Gasteiger partial charge in [0.05, 0.1) is 10.5 Å². The summed E-state index contributed by atoms with van der Waals surface area (Å²) < 4.78 is 6.57. The van der Waals surface area contributed by atoms with Crippen LogP contribution in [0.3, 0.4) is 0 Å². The number of pyridine rings is 1. The van der Waals surface area contributed by atoms with Crippen LogP contribution < -0.4 is 10.1 Å². The number of hydrogen-bond acceptors (Lipinski definition) is 8. The smallest absolute Gasteiger partial charge is 0.373 e. The molecule has 2 heterocycles.